The van der Waals surface area contributed by atoms with Crippen LogP contribution in [-0.4, -0.2) is 50.8 Å². The van der Waals surface area contributed by atoms with Gasteiger partial charge in [-0.05, 0) is 69.0 Å². The van der Waals surface area contributed by atoms with Crippen LogP contribution in [0.4, 0.5) is 0 Å². The lowest BCUT2D eigenvalue weighted by atomic mass is 10.0. The number of piperidine rings is 1. The van der Waals surface area contributed by atoms with Gasteiger partial charge in [0, 0.05) is 24.7 Å². The Kier molecular flexibility index (Phi) is 5.84. The van der Waals surface area contributed by atoms with Gasteiger partial charge in [-0.1, -0.05) is 29.0 Å². The highest BCUT2D eigenvalue weighted by molar-refractivity contribution is 5.94. The van der Waals surface area contributed by atoms with Crippen LogP contribution in [-0.2, 0) is 0 Å². The Morgan fingerprint density at radius 1 is 0.935 bits per heavy atom. The summed E-state index contributed by atoms with van der Waals surface area (Å²) in [5, 5.41) is 11.3. The lowest BCUT2D eigenvalue weighted by molar-refractivity contribution is 0.0692. The third-order valence-corrected chi connectivity index (χ3v) is 5.61. The number of carbonyl (C=O) groups is 2. The van der Waals surface area contributed by atoms with Gasteiger partial charge in [0.25, 0.3) is 11.8 Å². The number of aryl methyl sites for hydroxylation is 3. The van der Waals surface area contributed by atoms with Crippen LogP contribution in [0, 0.1) is 20.8 Å². The molecule has 1 N–H and O–H groups in total. The van der Waals surface area contributed by atoms with Gasteiger partial charge in [0.2, 0.25) is 0 Å². The Balaban J connectivity index is 1.35. The molecule has 3 aromatic rings. The fourth-order valence-electron chi connectivity index (χ4n) is 3.93. The van der Waals surface area contributed by atoms with E-state index in [0.717, 1.165) is 22.4 Å². The molecule has 0 atom stereocenters. The second-order valence-corrected chi connectivity index (χ2v) is 8.30. The summed E-state index contributed by atoms with van der Waals surface area (Å²) in [6, 6.07) is 13.7. The predicted octanol–water partition coefficient (Wildman–Crippen LogP) is 3.23. The number of carbonyl (C=O) groups excluding carboxylic acids is 2. The highest BCUT2D eigenvalue weighted by Crippen LogP contribution is 2.16. The van der Waals surface area contributed by atoms with E-state index in [1.54, 1.807) is 15.8 Å². The van der Waals surface area contributed by atoms with E-state index in [1.807, 2.05) is 57.2 Å². The van der Waals surface area contributed by atoms with E-state index < -0.39 is 0 Å². The number of likely N-dealkylation sites (tertiary alicyclic amines) is 1. The van der Waals surface area contributed by atoms with Crippen LogP contribution in [0.5, 0.6) is 0 Å². The number of benzene rings is 2. The van der Waals surface area contributed by atoms with Crippen molar-refractivity contribution in [3.63, 3.8) is 0 Å². The zero-order valence-corrected chi connectivity index (χ0v) is 18.1. The smallest absolute Gasteiger partial charge is 0.276 e. The lowest BCUT2D eigenvalue weighted by Crippen LogP contribution is -2.46. The van der Waals surface area contributed by atoms with Crippen LogP contribution in [0.15, 0.2) is 48.7 Å². The highest BCUT2D eigenvalue weighted by Gasteiger charge is 2.26. The van der Waals surface area contributed by atoms with Crippen molar-refractivity contribution in [2.75, 3.05) is 13.1 Å². The van der Waals surface area contributed by atoms with E-state index in [4.69, 9.17) is 0 Å². The molecule has 1 saturated heterocycles. The Bertz CT molecular complexity index is 1080. The third kappa shape index (κ3) is 4.82. The molecule has 7 nitrogen and oxygen atoms in total. The van der Waals surface area contributed by atoms with Crippen LogP contribution in [0.3, 0.4) is 0 Å². The summed E-state index contributed by atoms with van der Waals surface area (Å²) in [6.45, 7) is 7.21. The molecule has 0 aliphatic carbocycles. The zero-order chi connectivity index (χ0) is 22.0. The minimum atomic E-state index is -0.126. The summed E-state index contributed by atoms with van der Waals surface area (Å²) in [6.07, 6.45) is 3.12. The van der Waals surface area contributed by atoms with Gasteiger partial charge in [-0.25, -0.2) is 4.68 Å². The first-order valence-electron chi connectivity index (χ1n) is 10.6. The molecule has 0 spiro atoms. The Morgan fingerprint density at radius 3 is 2.23 bits per heavy atom. The monoisotopic (exact) mass is 417 g/mol. The molecule has 0 saturated carbocycles. The summed E-state index contributed by atoms with van der Waals surface area (Å²) < 4.78 is 1.64. The van der Waals surface area contributed by atoms with Crippen molar-refractivity contribution < 1.29 is 9.59 Å². The van der Waals surface area contributed by atoms with E-state index in [9.17, 15) is 9.59 Å². The van der Waals surface area contributed by atoms with Crippen molar-refractivity contribution in [2.24, 2.45) is 0 Å². The van der Waals surface area contributed by atoms with Crippen molar-refractivity contribution >= 4 is 11.8 Å². The second kappa shape index (κ2) is 8.71. The fourth-order valence-corrected chi connectivity index (χ4v) is 3.93. The van der Waals surface area contributed by atoms with Crippen LogP contribution in [0.25, 0.3) is 5.69 Å². The minimum absolute atomic E-state index is 0.0591. The van der Waals surface area contributed by atoms with Gasteiger partial charge >= 0.3 is 0 Å². The summed E-state index contributed by atoms with van der Waals surface area (Å²) in [7, 11) is 0. The molecule has 1 fully saturated rings. The minimum Gasteiger partial charge on any atom is -0.349 e. The number of rotatable bonds is 4. The summed E-state index contributed by atoms with van der Waals surface area (Å²) in [5.41, 5.74) is 5.27. The molecular formula is C24H27N5O2. The number of nitrogens with zero attached hydrogens (tertiary/aromatic N) is 4. The topological polar surface area (TPSA) is 80.1 Å². The van der Waals surface area contributed by atoms with Crippen molar-refractivity contribution in [3.8, 4) is 5.69 Å². The molecule has 4 rings (SSSR count). The Morgan fingerprint density at radius 2 is 1.58 bits per heavy atom. The molecule has 2 heterocycles. The summed E-state index contributed by atoms with van der Waals surface area (Å²) >= 11 is 0. The van der Waals surface area contributed by atoms with Gasteiger partial charge in [-0.2, -0.15) is 0 Å². The number of hydrogen-bond donors (Lipinski definition) is 1. The Hall–Kier alpha value is -3.48. The van der Waals surface area contributed by atoms with Gasteiger partial charge in [-0.3, -0.25) is 9.59 Å². The van der Waals surface area contributed by atoms with E-state index in [0.29, 0.717) is 37.2 Å². The van der Waals surface area contributed by atoms with Gasteiger partial charge in [0.05, 0.1) is 11.9 Å². The highest BCUT2D eigenvalue weighted by atomic mass is 16.2. The summed E-state index contributed by atoms with van der Waals surface area (Å²) in [5.74, 6) is -0.194. The van der Waals surface area contributed by atoms with Crippen molar-refractivity contribution in [1.82, 2.24) is 25.2 Å². The average molecular weight is 418 g/mol. The van der Waals surface area contributed by atoms with Gasteiger partial charge in [0.1, 0.15) is 0 Å². The molecule has 2 aromatic carbocycles. The second-order valence-electron chi connectivity index (χ2n) is 8.30. The molecular weight excluding hydrogens is 390 g/mol. The molecule has 1 aliphatic rings. The Labute approximate surface area is 182 Å². The van der Waals surface area contributed by atoms with Gasteiger partial charge < -0.3 is 10.2 Å². The van der Waals surface area contributed by atoms with E-state index in [1.165, 1.54) is 0 Å². The molecule has 31 heavy (non-hydrogen) atoms. The normalized spacial score (nSPS) is 14.5. The summed E-state index contributed by atoms with van der Waals surface area (Å²) in [4.78, 5) is 27.1. The number of nitrogens with one attached hydrogen (secondary N) is 1. The predicted molar refractivity (Wildman–Crippen MR) is 118 cm³/mol. The largest absolute Gasteiger partial charge is 0.349 e. The van der Waals surface area contributed by atoms with Crippen LogP contribution >= 0.6 is 0 Å². The number of hydrogen-bond acceptors (Lipinski definition) is 4. The molecule has 1 aromatic heterocycles. The molecule has 7 heteroatoms. The SMILES string of the molecule is Cc1ccc(C(=O)NC2CCN(C(=O)c3cn(-c4cc(C)cc(C)c4)nn3)CC2)cc1. The maximum absolute atomic E-state index is 12.9. The maximum atomic E-state index is 12.9. The molecule has 0 bridgehead atoms. The molecule has 0 radical (unpaired) electrons. The van der Waals surface area contributed by atoms with E-state index in [2.05, 4.69) is 21.7 Å². The van der Waals surface area contributed by atoms with Crippen molar-refractivity contribution in [1.29, 1.82) is 0 Å². The first-order chi connectivity index (χ1) is 14.9. The van der Waals surface area contributed by atoms with Crippen LogP contribution in [0.1, 0.15) is 50.4 Å². The molecule has 160 valence electrons. The van der Waals surface area contributed by atoms with Crippen LogP contribution < -0.4 is 5.32 Å². The van der Waals surface area contributed by atoms with Crippen LogP contribution in [0.2, 0.25) is 0 Å². The third-order valence-electron chi connectivity index (χ3n) is 5.61. The average Bonchev–Trinajstić information content (AvgIpc) is 3.24. The zero-order valence-electron chi connectivity index (χ0n) is 18.1. The molecule has 2 amide bonds. The first kappa shape index (κ1) is 20.8. The fraction of sp³-hybridized carbons (Fsp3) is 0.333. The first-order valence-corrected chi connectivity index (χ1v) is 10.6. The standard InChI is InChI=1S/C24H27N5O2/c1-16-4-6-19(7-5-16)23(30)25-20-8-10-28(11-9-20)24(31)22-15-29(27-26-22)21-13-17(2)12-18(3)14-21/h4-7,12-15,20H,8-11H2,1-3H3,(H,25,30). The quantitative estimate of drug-likeness (QED) is 0.707. The maximum Gasteiger partial charge on any atom is 0.276 e. The lowest BCUT2D eigenvalue weighted by Gasteiger charge is -2.31. The van der Waals surface area contributed by atoms with E-state index >= 15 is 0 Å². The number of amides is 2. The van der Waals surface area contributed by atoms with Crippen molar-refractivity contribution in [3.05, 3.63) is 76.6 Å². The van der Waals surface area contributed by atoms with Gasteiger partial charge in [0.15, 0.2) is 5.69 Å². The molecule has 1 aliphatic heterocycles. The van der Waals surface area contributed by atoms with Crippen molar-refractivity contribution in [2.45, 2.75) is 39.7 Å². The van der Waals surface area contributed by atoms with Gasteiger partial charge in [-0.15, -0.1) is 5.10 Å². The van der Waals surface area contributed by atoms with E-state index in [-0.39, 0.29) is 17.9 Å². The molecule has 0 unspecified atom stereocenters. The number of aromatic nitrogens is 3.